The molecule has 19 heavy (non-hydrogen) atoms. The number of thiophene rings is 1. The minimum absolute atomic E-state index is 0.283. The molecule has 0 bridgehead atoms. The molecule has 0 unspecified atom stereocenters. The summed E-state index contributed by atoms with van der Waals surface area (Å²) in [6.45, 7) is 0. The van der Waals surface area contributed by atoms with Gasteiger partial charge < -0.3 is 5.73 Å². The van der Waals surface area contributed by atoms with E-state index in [9.17, 15) is 4.39 Å². The molecule has 0 amide bonds. The number of benzene rings is 1. The molecule has 96 valence electrons. The molecule has 0 saturated carbocycles. The molecule has 0 saturated heterocycles. The van der Waals surface area contributed by atoms with Gasteiger partial charge in [-0.2, -0.15) is 5.10 Å². The summed E-state index contributed by atoms with van der Waals surface area (Å²) in [5.74, 6) is -0.283. The highest BCUT2D eigenvalue weighted by atomic mass is 35.5. The van der Waals surface area contributed by atoms with Crippen molar-refractivity contribution < 1.29 is 4.39 Å². The first-order valence-corrected chi connectivity index (χ1v) is 6.70. The van der Waals surface area contributed by atoms with Gasteiger partial charge in [0.05, 0.1) is 26.8 Å². The summed E-state index contributed by atoms with van der Waals surface area (Å²) in [7, 11) is 0. The predicted octanol–water partition coefficient (Wildman–Crippen LogP) is 3.98. The van der Waals surface area contributed by atoms with Crippen LogP contribution in [0.25, 0.3) is 16.3 Å². The molecule has 0 radical (unpaired) electrons. The van der Waals surface area contributed by atoms with E-state index < -0.39 is 0 Å². The molecular weight excluding hydrogens is 285 g/mol. The first-order chi connectivity index (χ1) is 9.13. The Morgan fingerprint density at radius 1 is 1.16 bits per heavy atom. The van der Waals surface area contributed by atoms with E-state index in [1.807, 2.05) is 6.07 Å². The molecule has 3 rings (SSSR count). The molecule has 0 aliphatic carbocycles. The van der Waals surface area contributed by atoms with Crippen LogP contribution in [0.4, 0.5) is 10.1 Å². The van der Waals surface area contributed by atoms with Crippen molar-refractivity contribution in [3.8, 4) is 16.3 Å². The second-order valence-corrected chi connectivity index (χ2v) is 5.67. The van der Waals surface area contributed by atoms with Crippen LogP contribution < -0.4 is 5.73 Å². The SMILES string of the molecule is Nc1cn(-c2ccc(F)cc2)nc1-c1ccc(Cl)s1. The number of nitrogen functional groups attached to an aromatic ring is 1. The summed E-state index contributed by atoms with van der Waals surface area (Å²) in [5, 5.41) is 4.41. The van der Waals surface area contributed by atoms with Crippen molar-refractivity contribution >= 4 is 28.6 Å². The van der Waals surface area contributed by atoms with E-state index in [1.54, 1.807) is 29.1 Å². The van der Waals surface area contributed by atoms with E-state index in [0.29, 0.717) is 15.7 Å². The van der Waals surface area contributed by atoms with Gasteiger partial charge in [-0.05, 0) is 36.4 Å². The lowest BCUT2D eigenvalue weighted by atomic mass is 10.3. The fraction of sp³-hybridized carbons (Fsp3) is 0. The molecule has 2 aromatic heterocycles. The van der Waals surface area contributed by atoms with Crippen molar-refractivity contribution in [2.75, 3.05) is 5.73 Å². The molecule has 0 aliphatic heterocycles. The smallest absolute Gasteiger partial charge is 0.126 e. The molecule has 6 heteroatoms. The maximum absolute atomic E-state index is 12.9. The Bertz CT molecular complexity index is 718. The summed E-state index contributed by atoms with van der Waals surface area (Å²) in [6.07, 6.45) is 1.70. The van der Waals surface area contributed by atoms with Gasteiger partial charge in [0.25, 0.3) is 0 Å². The van der Waals surface area contributed by atoms with E-state index in [2.05, 4.69) is 5.10 Å². The molecule has 0 atom stereocenters. The normalized spacial score (nSPS) is 10.8. The Balaban J connectivity index is 2.04. The number of halogens is 2. The first-order valence-electron chi connectivity index (χ1n) is 5.50. The lowest BCUT2D eigenvalue weighted by Gasteiger charge is -1.99. The van der Waals surface area contributed by atoms with Gasteiger partial charge >= 0.3 is 0 Å². The fourth-order valence-corrected chi connectivity index (χ4v) is 2.80. The van der Waals surface area contributed by atoms with Gasteiger partial charge in [0, 0.05) is 0 Å². The van der Waals surface area contributed by atoms with Crippen LogP contribution in [0.5, 0.6) is 0 Å². The minimum Gasteiger partial charge on any atom is -0.396 e. The molecule has 0 spiro atoms. The summed E-state index contributed by atoms with van der Waals surface area (Å²) in [6, 6.07) is 9.74. The highest BCUT2D eigenvalue weighted by Crippen LogP contribution is 2.33. The van der Waals surface area contributed by atoms with Crippen molar-refractivity contribution in [2.45, 2.75) is 0 Å². The second-order valence-electron chi connectivity index (χ2n) is 3.96. The van der Waals surface area contributed by atoms with Crippen LogP contribution >= 0.6 is 22.9 Å². The van der Waals surface area contributed by atoms with Crippen LogP contribution in [0.15, 0.2) is 42.6 Å². The number of nitrogens with two attached hydrogens (primary N) is 1. The average molecular weight is 294 g/mol. The molecule has 3 aromatic rings. The van der Waals surface area contributed by atoms with Gasteiger partial charge in [0.15, 0.2) is 0 Å². The molecule has 0 aliphatic rings. The second kappa shape index (κ2) is 4.68. The Kier molecular flexibility index (Phi) is 3.00. The van der Waals surface area contributed by atoms with E-state index in [4.69, 9.17) is 17.3 Å². The Morgan fingerprint density at radius 3 is 2.53 bits per heavy atom. The third-order valence-corrected chi connectivity index (χ3v) is 3.88. The van der Waals surface area contributed by atoms with Crippen LogP contribution in [-0.4, -0.2) is 9.78 Å². The van der Waals surface area contributed by atoms with Crippen molar-refractivity contribution in [3.05, 3.63) is 52.7 Å². The number of hydrogen-bond donors (Lipinski definition) is 1. The average Bonchev–Trinajstić information content (AvgIpc) is 2.96. The molecule has 2 heterocycles. The predicted molar refractivity (Wildman–Crippen MR) is 76.3 cm³/mol. The van der Waals surface area contributed by atoms with Gasteiger partial charge in [0.1, 0.15) is 11.5 Å². The fourth-order valence-electron chi connectivity index (χ4n) is 1.75. The van der Waals surface area contributed by atoms with Gasteiger partial charge in [-0.15, -0.1) is 11.3 Å². The first kappa shape index (κ1) is 12.2. The highest BCUT2D eigenvalue weighted by Gasteiger charge is 2.11. The standard InChI is InChI=1S/C13H9ClFN3S/c14-12-6-5-11(19-12)13-10(16)7-18(17-13)9-3-1-8(15)2-4-9/h1-7H,16H2. The summed E-state index contributed by atoms with van der Waals surface area (Å²) < 4.78 is 15.2. The third-order valence-electron chi connectivity index (χ3n) is 2.64. The monoisotopic (exact) mass is 293 g/mol. The third kappa shape index (κ3) is 2.34. The van der Waals surface area contributed by atoms with Crippen LogP contribution in [0.2, 0.25) is 4.34 Å². The summed E-state index contributed by atoms with van der Waals surface area (Å²) in [4.78, 5) is 0.906. The number of hydrogen-bond acceptors (Lipinski definition) is 3. The maximum atomic E-state index is 12.9. The Morgan fingerprint density at radius 2 is 1.89 bits per heavy atom. The lowest BCUT2D eigenvalue weighted by Crippen LogP contribution is -1.94. The van der Waals surface area contributed by atoms with Crippen LogP contribution in [0.1, 0.15) is 0 Å². The minimum atomic E-state index is -0.283. The molecule has 0 fully saturated rings. The van der Waals surface area contributed by atoms with Gasteiger partial charge in [0.2, 0.25) is 0 Å². The summed E-state index contributed by atoms with van der Waals surface area (Å²) >= 11 is 7.32. The zero-order valence-corrected chi connectivity index (χ0v) is 11.2. The quantitative estimate of drug-likeness (QED) is 0.777. The zero-order chi connectivity index (χ0) is 13.4. The Labute approximate surface area is 118 Å². The molecule has 1 aromatic carbocycles. The number of aromatic nitrogens is 2. The van der Waals surface area contributed by atoms with Crippen LogP contribution in [0.3, 0.4) is 0 Å². The molecule has 2 N–H and O–H groups in total. The van der Waals surface area contributed by atoms with Crippen LogP contribution in [0, 0.1) is 5.82 Å². The zero-order valence-electron chi connectivity index (χ0n) is 9.68. The van der Waals surface area contributed by atoms with Crippen molar-refractivity contribution in [3.63, 3.8) is 0 Å². The molecular formula is C13H9ClFN3S. The van der Waals surface area contributed by atoms with Crippen molar-refractivity contribution in [1.82, 2.24) is 9.78 Å². The van der Waals surface area contributed by atoms with E-state index >= 15 is 0 Å². The van der Waals surface area contributed by atoms with Crippen molar-refractivity contribution in [2.24, 2.45) is 0 Å². The number of rotatable bonds is 2. The summed E-state index contributed by atoms with van der Waals surface area (Å²) in [5.41, 5.74) is 7.95. The van der Waals surface area contributed by atoms with Crippen molar-refractivity contribution in [1.29, 1.82) is 0 Å². The highest BCUT2D eigenvalue weighted by molar-refractivity contribution is 7.19. The largest absolute Gasteiger partial charge is 0.396 e. The van der Waals surface area contributed by atoms with E-state index in [1.165, 1.54) is 23.5 Å². The van der Waals surface area contributed by atoms with Crippen LogP contribution in [-0.2, 0) is 0 Å². The lowest BCUT2D eigenvalue weighted by molar-refractivity contribution is 0.627. The Hall–Kier alpha value is -1.85. The van der Waals surface area contributed by atoms with E-state index in [-0.39, 0.29) is 5.82 Å². The van der Waals surface area contributed by atoms with Gasteiger partial charge in [-0.3, -0.25) is 0 Å². The van der Waals surface area contributed by atoms with Gasteiger partial charge in [-0.25, -0.2) is 9.07 Å². The topological polar surface area (TPSA) is 43.8 Å². The number of nitrogens with zero attached hydrogens (tertiary/aromatic N) is 2. The molecule has 3 nitrogen and oxygen atoms in total. The van der Waals surface area contributed by atoms with E-state index in [0.717, 1.165) is 10.6 Å². The van der Waals surface area contributed by atoms with Gasteiger partial charge in [-0.1, -0.05) is 11.6 Å². The number of anilines is 1. The maximum Gasteiger partial charge on any atom is 0.126 e.